The molecule has 9 nitrogen and oxygen atoms in total. The van der Waals surface area contributed by atoms with Gasteiger partial charge in [-0.1, -0.05) is 28.1 Å². The largest absolute Gasteiger partial charge is 0.390 e. The van der Waals surface area contributed by atoms with E-state index in [0.29, 0.717) is 12.0 Å². The van der Waals surface area contributed by atoms with E-state index in [1.165, 1.54) is 23.3 Å². The van der Waals surface area contributed by atoms with E-state index in [2.05, 4.69) is 43.2 Å². The Labute approximate surface area is 192 Å². The van der Waals surface area contributed by atoms with Crippen molar-refractivity contribution < 1.29 is 19.8 Å². The Morgan fingerprint density at radius 3 is 2.78 bits per heavy atom. The van der Waals surface area contributed by atoms with E-state index in [4.69, 9.17) is 0 Å². The van der Waals surface area contributed by atoms with Gasteiger partial charge in [-0.2, -0.15) is 5.10 Å². The number of nitrogens with one attached hydrogen (secondary N) is 1. The molecule has 0 bridgehead atoms. The summed E-state index contributed by atoms with van der Waals surface area (Å²) in [6.45, 7) is 3.81. The van der Waals surface area contributed by atoms with Crippen LogP contribution < -0.4 is 5.32 Å². The molecule has 1 fully saturated rings. The fourth-order valence-corrected chi connectivity index (χ4v) is 4.06. The quantitative estimate of drug-likeness (QED) is 0.421. The Morgan fingerprint density at radius 1 is 1.25 bits per heavy atom. The summed E-state index contributed by atoms with van der Waals surface area (Å²) in [5.74, 6) is -0.673. The van der Waals surface area contributed by atoms with Gasteiger partial charge in [-0.3, -0.25) is 14.3 Å². The van der Waals surface area contributed by atoms with Gasteiger partial charge in [-0.25, -0.2) is 9.97 Å². The van der Waals surface area contributed by atoms with Crippen LogP contribution >= 0.6 is 15.9 Å². The van der Waals surface area contributed by atoms with Crippen LogP contribution in [0, 0.1) is 12.8 Å². The molecule has 32 heavy (non-hydrogen) atoms. The lowest BCUT2D eigenvalue weighted by Gasteiger charge is -2.19. The molecule has 0 spiro atoms. The summed E-state index contributed by atoms with van der Waals surface area (Å²) in [4.78, 5) is 33.6. The first-order valence-electron chi connectivity index (χ1n) is 9.96. The lowest BCUT2D eigenvalue weighted by molar-refractivity contribution is 0.0256. The zero-order valence-electron chi connectivity index (χ0n) is 16.9. The predicted octanol–water partition coefficient (Wildman–Crippen LogP) is 1.91. The lowest BCUT2D eigenvalue weighted by atomic mass is 10.1. The second-order valence-electron chi connectivity index (χ2n) is 7.67. The Kier molecular flexibility index (Phi) is 6.45. The van der Waals surface area contributed by atoms with Crippen molar-refractivity contribution in [2.24, 2.45) is 5.92 Å². The molecule has 3 aromatic rings. The average Bonchev–Trinajstić information content (AvgIpc) is 3.34. The summed E-state index contributed by atoms with van der Waals surface area (Å²) in [6.07, 6.45) is 2.65. The highest BCUT2D eigenvalue weighted by atomic mass is 79.9. The number of aliphatic hydroxyl groups is 2. The van der Waals surface area contributed by atoms with E-state index in [0.717, 1.165) is 4.47 Å². The zero-order valence-corrected chi connectivity index (χ0v) is 18.5. The molecule has 0 saturated heterocycles. The van der Waals surface area contributed by atoms with Crippen molar-refractivity contribution in [3.05, 3.63) is 77.3 Å². The maximum atomic E-state index is 13.1. The normalized spacial score (nSPS) is 22.6. The monoisotopic (exact) mass is 498 g/mol. The highest BCUT2D eigenvalue weighted by Gasteiger charge is 2.39. The molecule has 0 aliphatic heterocycles. The number of Topliss-reactive ketones (excluding diaryl/α,β-unsaturated/α-hetero) is 1. The summed E-state index contributed by atoms with van der Waals surface area (Å²) < 4.78 is 2.20. The number of benzene rings is 1. The number of hydrogen-bond acceptors (Lipinski definition) is 8. The van der Waals surface area contributed by atoms with Crippen molar-refractivity contribution in [3.63, 3.8) is 0 Å². The van der Waals surface area contributed by atoms with E-state index in [1.807, 2.05) is 6.07 Å². The maximum Gasteiger partial charge on any atom is 0.218 e. The van der Waals surface area contributed by atoms with Crippen LogP contribution in [0.2, 0.25) is 0 Å². The smallest absolute Gasteiger partial charge is 0.218 e. The molecule has 4 rings (SSSR count). The number of anilines is 1. The van der Waals surface area contributed by atoms with Crippen molar-refractivity contribution in [2.45, 2.75) is 31.2 Å². The molecule has 0 amide bonds. The molecule has 1 aliphatic carbocycles. The second kappa shape index (κ2) is 9.27. The van der Waals surface area contributed by atoms with Gasteiger partial charge in [0.05, 0.1) is 17.7 Å². The minimum Gasteiger partial charge on any atom is -0.390 e. The zero-order chi connectivity index (χ0) is 22.8. The highest BCUT2D eigenvalue weighted by molar-refractivity contribution is 9.10. The van der Waals surface area contributed by atoms with Gasteiger partial charge >= 0.3 is 0 Å². The molecule has 1 saturated carbocycles. The first-order valence-corrected chi connectivity index (χ1v) is 10.8. The SMILES string of the molecule is [CH2][C@@H]1C[C@@H](Nc2ncncc2C(=O)c2ccn(CC(=O)c3cccc(Br)c3)n2)[C@H](O)[C@@H]1O. The van der Waals surface area contributed by atoms with Crippen LogP contribution in [0.25, 0.3) is 0 Å². The van der Waals surface area contributed by atoms with Gasteiger partial charge in [0, 0.05) is 22.4 Å². The van der Waals surface area contributed by atoms with Crippen molar-refractivity contribution in [1.29, 1.82) is 0 Å². The molecular weight excluding hydrogens is 478 g/mol. The Bertz CT molecular complexity index is 1150. The minimum atomic E-state index is -1.03. The lowest BCUT2D eigenvalue weighted by Crippen LogP contribution is -2.35. The van der Waals surface area contributed by atoms with Gasteiger partial charge in [0.2, 0.25) is 5.78 Å². The third-order valence-corrected chi connectivity index (χ3v) is 5.90. The number of aliphatic hydroxyl groups excluding tert-OH is 2. The molecule has 2 heterocycles. The summed E-state index contributed by atoms with van der Waals surface area (Å²) in [7, 11) is 0. The number of nitrogens with zero attached hydrogens (tertiary/aromatic N) is 4. The second-order valence-corrected chi connectivity index (χ2v) is 8.59. The number of rotatable bonds is 7. The Hall–Kier alpha value is -2.95. The first kappa shape index (κ1) is 22.3. The van der Waals surface area contributed by atoms with E-state index in [9.17, 15) is 19.8 Å². The van der Waals surface area contributed by atoms with Crippen LogP contribution in [0.1, 0.15) is 32.8 Å². The standard InChI is InChI=1S/C22H21BrN5O4/c1-12-7-17(21(32)19(12)30)26-22-15(9-24-11-25-22)20(31)16-5-6-28(27-16)10-18(29)13-3-2-4-14(23)8-13/h2-6,8-9,11-12,17,19,21,30,32H,1,7,10H2,(H,24,25,26)/t12-,17-,19-,21+/m1/s1. The Balaban J connectivity index is 1.50. The van der Waals surface area contributed by atoms with Gasteiger partial charge in [-0.15, -0.1) is 0 Å². The van der Waals surface area contributed by atoms with E-state index < -0.39 is 24.0 Å². The van der Waals surface area contributed by atoms with Crippen LogP contribution in [0.4, 0.5) is 5.82 Å². The molecular formula is C22H21BrN5O4. The molecule has 2 aromatic heterocycles. The molecule has 165 valence electrons. The summed E-state index contributed by atoms with van der Waals surface area (Å²) in [5.41, 5.74) is 0.837. The highest BCUT2D eigenvalue weighted by Crippen LogP contribution is 2.29. The van der Waals surface area contributed by atoms with Gasteiger partial charge < -0.3 is 15.5 Å². The summed E-state index contributed by atoms with van der Waals surface area (Å²) >= 11 is 3.34. The molecule has 1 aliphatic rings. The molecule has 1 aromatic carbocycles. The third-order valence-electron chi connectivity index (χ3n) is 5.41. The van der Waals surface area contributed by atoms with Crippen LogP contribution in [0.5, 0.6) is 0 Å². The number of carbonyl (C=O) groups excluding carboxylic acids is 2. The van der Waals surface area contributed by atoms with Gasteiger partial charge in [-0.05, 0) is 37.5 Å². The number of carbonyl (C=O) groups is 2. The minimum absolute atomic E-state index is 0.0167. The van der Waals surface area contributed by atoms with Crippen LogP contribution in [0.3, 0.4) is 0 Å². The van der Waals surface area contributed by atoms with Crippen LogP contribution in [0.15, 0.2) is 53.5 Å². The molecule has 10 heteroatoms. The molecule has 4 atom stereocenters. The summed E-state index contributed by atoms with van der Waals surface area (Å²) in [6, 6.07) is 8.06. The molecule has 1 radical (unpaired) electrons. The van der Waals surface area contributed by atoms with E-state index >= 15 is 0 Å². The topological polar surface area (TPSA) is 130 Å². The molecule has 0 unspecified atom stereocenters. The fraction of sp³-hybridized carbons (Fsp3) is 0.273. The first-order chi connectivity index (χ1) is 15.3. The van der Waals surface area contributed by atoms with Crippen LogP contribution in [-0.4, -0.2) is 59.8 Å². The maximum absolute atomic E-state index is 13.1. The summed E-state index contributed by atoms with van der Waals surface area (Å²) in [5, 5.41) is 27.4. The average molecular weight is 499 g/mol. The predicted molar refractivity (Wildman–Crippen MR) is 119 cm³/mol. The number of ketones is 2. The van der Waals surface area contributed by atoms with Crippen molar-refractivity contribution in [1.82, 2.24) is 19.7 Å². The van der Waals surface area contributed by atoms with E-state index in [1.54, 1.807) is 24.4 Å². The van der Waals surface area contributed by atoms with Crippen molar-refractivity contribution >= 4 is 33.3 Å². The third kappa shape index (κ3) is 4.62. The van der Waals surface area contributed by atoms with Gasteiger partial charge in [0.25, 0.3) is 0 Å². The van der Waals surface area contributed by atoms with Crippen molar-refractivity contribution in [3.8, 4) is 0 Å². The number of aromatic nitrogens is 4. The fourth-order valence-electron chi connectivity index (χ4n) is 3.66. The molecule has 3 N–H and O–H groups in total. The van der Waals surface area contributed by atoms with Crippen LogP contribution in [-0.2, 0) is 6.54 Å². The van der Waals surface area contributed by atoms with Gasteiger partial charge in [0.1, 0.15) is 30.5 Å². The Morgan fingerprint density at radius 2 is 2.06 bits per heavy atom. The van der Waals surface area contributed by atoms with E-state index in [-0.39, 0.29) is 35.3 Å². The van der Waals surface area contributed by atoms with Gasteiger partial charge in [0.15, 0.2) is 5.78 Å². The number of halogens is 1. The number of hydrogen-bond donors (Lipinski definition) is 3. The van der Waals surface area contributed by atoms with Crippen molar-refractivity contribution in [2.75, 3.05) is 5.32 Å².